The zero-order valence-electron chi connectivity index (χ0n) is 24.7. The second kappa shape index (κ2) is 13.0. The van der Waals surface area contributed by atoms with Gasteiger partial charge in [0, 0.05) is 66.3 Å². The van der Waals surface area contributed by atoms with Crippen molar-refractivity contribution in [3.63, 3.8) is 0 Å². The van der Waals surface area contributed by atoms with Gasteiger partial charge in [-0.3, -0.25) is 14.8 Å². The lowest BCUT2D eigenvalue weighted by Crippen LogP contribution is -2.53. The number of urea groups is 1. The number of carbonyl (C=O) groups excluding carboxylic acids is 2. The van der Waals surface area contributed by atoms with Crippen molar-refractivity contribution in [2.45, 2.75) is 31.3 Å². The van der Waals surface area contributed by atoms with Crippen LogP contribution < -0.4 is 10.2 Å². The van der Waals surface area contributed by atoms with Crippen LogP contribution in [0.5, 0.6) is 0 Å². The third kappa shape index (κ3) is 6.03. The topological polar surface area (TPSA) is 114 Å². The van der Waals surface area contributed by atoms with E-state index in [-0.39, 0.29) is 28.6 Å². The molecule has 3 aromatic rings. The minimum absolute atomic E-state index is 0.0470. The standard InChI is InChI=1S/C32H31ClFN7O3S/c1-3-19(15-35)20-4-7-22(8-5-20)41-17-23-16-39(11-12-40(23)32(41)43)18-26-27(31(42)44-2)28(24-9-6-21(34)14-25(24)33)38-29(37-26)30-36-10-13-45-30/h4-10,13-14,19,23,28H,3,11-12,16-18H2,1-2H3,(H,37,38)/t19?,23-,28-/m0/s1. The van der Waals surface area contributed by atoms with Crippen molar-refractivity contribution in [2.75, 3.05) is 44.7 Å². The van der Waals surface area contributed by atoms with Crippen molar-refractivity contribution in [1.29, 1.82) is 5.26 Å². The van der Waals surface area contributed by atoms with Crippen LogP contribution in [0.4, 0.5) is 14.9 Å². The van der Waals surface area contributed by atoms with Crippen LogP contribution in [0, 0.1) is 17.1 Å². The summed E-state index contributed by atoms with van der Waals surface area (Å²) in [7, 11) is 1.31. The maximum absolute atomic E-state index is 14.0. The summed E-state index contributed by atoms with van der Waals surface area (Å²) in [4.78, 5) is 41.8. The number of amides is 2. The summed E-state index contributed by atoms with van der Waals surface area (Å²) in [5.41, 5.74) is 3.07. The van der Waals surface area contributed by atoms with Gasteiger partial charge in [-0.1, -0.05) is 36.7 Å². The van der Waals surface area contributed by atoms with Crippen LogP contribution >= 0.6 is 22.9 Å². The second-order valence-electron chi connectivity index (χ2n) is 11.0. The fraction of sp³-hybridized carbons (Fsp3) is 0.344. The Kier molecular flexibility index (Phi) is 8.85. The van der Waals surface area contributed by atoms with Crippen LogP contribution in [0.3, 0.4) is 0 Å². The minimum atomic E-state index is -0.846. The zero-order valence-corrected chi connectivity index (χ0v) is 26.3. The fourth-order valence-corrected chi connectivity index (χ4v) is 6.97. The Balaban J connectivity index is 1.26. The Morgan fingerprint density at radius 1 is 1.24 bits per heavy atom. The number of hydrogen-bond acceptors (Lipinski definition) is 9. The number of hydrogen-bond donors (Lipinski definition) is 1. The molecule has 3 aliphatic heterocycles. The molecule has 10 nitrogen and oxygen atoms in total. The highest BCUT2D eigenvalue weighted by Crippen LogP contribution is 2.37. The third-order valence-electron chi connectivity index (χ3n) is 8.41. The number of aromatic nitrogens is 1. The molecule has 2 aromatic carbocycles. The number of fused-ring (bicyclic) bond motifs is 1. The van der Waals surface area contributed by atoms with Gasteiger partial charge in [-0.15, -0.1) is 11.3 Å². The molecule has 3 atom stereocenters. The largest absolute Gasteiger partial charge is 0.466 e. The summed E-state index contributed by atoms with van der Waals surface area (Å²) in [5, 5.41) is 15.4. The molecule has 6 rings (SSSR count). The smallest absolute Gasteiger partial charge is 0.338 e. The predicted molar refractivity (Wildman–Crippen MR) is 170 cm³/mol. The lowest BCUT2D eigenvalue weighted by molar-refractivity contribution is -0.136. The van der Waals surface area contributed by atoms with Crippen LogP contribution in [-0.2, 0) is 9.53 Å². The van der Waals surface area contributed by atoms with Crippen molar-refractivity contribution in [1.82, 2.24) is 20.1 Å². The first kappa shape index (κ1) is 30.7. The SMILES string of the molecule is CCC(C#N)c1ccc(N2C[C@@H]3CN(CC4=C(C(=O)OC)[C@H](c5ccc(F)cc5Cl)N=C(c5nccs5)N4)CCN3C2=O)cc1. The van der Waals surface area contributed by atoms with Crippen LogP contribution in [0.2, 0.25) is 5.02 Å². The highest BCUT2D eigenvalue weighted by Gasteiger charge is 2.42. The summed E-state index contributed by atoms with van der Waals surface area (Å²) in [6.07, 6.45) is 2.40. The van der Waals surface area contributed by atoms with Gasteiger partial charge in [-0.05, 0) is 36.2 Å². The highest BCUT2D eigenvalue weighted by atomic mass is 35.5. The van der Waals surface area contributed by atoms with E-state index in [1.165, 1.54) is 36.6 Å². The molecule has 3 aliphatic rings. The van der Waals surface area contributed by atoms with Crippen LogP contribution in [0.25, 0.3) is 0 Å². The van der Waals surface area contributed by atoms with E-state index in [0.29, 0.717) is 54.8 Å². The molecule has 1 unspecified atom stereocenters. The number of piperazine rings is 1. The first-order valence-electron chi connectivity index (χ1n) is 14.6. The summed E-state index contributed by atoms with van der Waals surface area (Å²) in [5.74, 6) is -0.766. The molecular weight excluding hydrogens is 617 g/mol. The zero-order chi connectivity index (χ0) is 31.7. The maximum atomic E-state index is 14.0. The van der Waals surface area contributed by atoms with Gasteiger partial charge in [-0.2, -0.15) is 5.26 Å². The molecule has 0 saturated carbocycles. The lowest BCUT2D eigenvalue weighted by Gasteiger charge is -2.38. The van der Waals surface area contributed by atoms with Gasteiger partial charge in [0.1, 0.15) is 11.9 Å². The van der Waals surface area contributed by atoms with Gasteiger partial charge in [0.2, 0.25) is 0 Å². The molecule has 0 aliphatic carbocycles. The lowest BCUT2D eigenvalue weighted by atomic mass is 9.95. The number of thiazole rings is 1. The van der Waals surface area contributed by atoms with E-state index < -0.39 is 17.8 Å². The van der Waals surface area contributed by atoms with Crippen molar-refractivity contribution >= 4 is 46.5 Å². The number of benzene rings is 2. The number of methoxy groups -OCH3 is 1. The van der Waals surface area contributed by atoms with Gasteiger partial charge in [0.05, 0.1) is 30.7 Å². The van der Waals surface area contributed by atoms with Gasteiger partial charge < -0.3 is 15.0 Å². The number of amidine groups is 1. The van der Waals surface area contributed by atoms with E-state index in [0.717, 1.165) is 17.7 Å². The molecule has 1 N–H and O–H groups in total. The maximum Gasteiger partial charge on any atom is 0.338 e. The number of nitrogens with one attached hydrogen (secondary N) is 1. The Labute approximate surface area is 269 Å². The van der Waals surface area contributed by atoms with Gasteiger partial charge >= 0.3 is 12.0 Å². The Morgan fingerprint density at radius 2 is 2.04 bits per heavy atom. The first-order chi connectivity index (χ1) is 21.8. The molecule has 232 valence electrons. The van der Waals surface area contributed by atoms with Crippen molar-refractivity contribution in [3.8, 4) is 6.07 Å². The van der Waals surface area contributed by atoms with Crippen LogP contribution in [-0.4, -0.2) is 78.5 Å². The van der Waals surface area contributed by atoms with E-state index in [1.54, 1.807) is 11.1 Å². The third-order valence-corrected chi connectivity index (χ3v) is 9.52. The van der Waals surface area contributed by atoms with E-state index in [2.05, 4.69) is 21.3 Å². The number of esters is 1. The normalized spacial score (nSPS) is 20.8. The van der Waals surface area contributed by atoms with E-state index >= 15 is 0 Å². The highest BCUT2D eigenvalue weighted by molar-refractivity contribution is 7.11. The van der Waals surface area contributed by atoms with Gasteiger partial charge in [0.15, 0.2) is 10.8 Å². The molecule has 13 heteroatoms. The molecular formula is C32H31ClFN7O3S. The summed E-state index contributed by atoms with van der Waals surface area (Å²) >= 11 is 7.88. The predicted octanol–water partition coefficient (Wildman–Crippen LogP) is 5.10. The number of halogens is 2. The number of nitrogens with zero attached hydrogens (tertiary/aromatic N) is 6. The molecule has 4 heterocycles. The van der Waals surface area contributed by atoms with Crippen molar-refractivity contribution in [2.24, 2.45) is 4.99 Å². The Morgan fingerprint density at radius 3 is 2.71 bits per heavy atom. The number of rotatable bonds is 8. The average Bonchev–Trinajstić information content (AvgIpc) is 3.70. The van der Waals surface area contributed by atoms with Crippen molar-refractivity contribution in [3.05, 3.63) is 92.3 Å². The quantitative estimate of drug-likeness (QED) is 0.339. The van der Waals surface area contributed by atoms with Gasteiger partial charge in [-0.25, -0.2) is 19.0 Å². The molecule has 1 aromatic heterocycles. The molecule has 0 radical (unpaired) electrons. The number of ether oxygens (including phenoxy) is 1. The number of anilines is 1. The summed E-state index contributed by atoms with van der Waals surface area (Å²) in [6, 6.07) is 13.0. The summed E-state index contributed by atoms with van der Waals surface area (Å²) in [6.45, 7) is 4.53. The van der Waals surface area contributed by atoms with E-state index in [4.69, 9.17) is 21.3 Å². The Bertz CT molecular complexity index is 1710. The fourth-order valence-electron chi connectivity index (χ4n) is 6.11. The average molecular weight is 648 g/mol. The summed E-state index contributed by atoms with van der Waals surface area (Å²) < 4.78 is 19.2. The molecule has 0 bridgehead atoms. The molecule has 0 spiro atoms. The van der Waals surface area contributed by atoms with Gasteiger partial charge in [0.25, 0.3) is 0 Å². The Hall–Kier alpha value is -4.31. The second-order valence-corrected chi connectivity index (χ2v) is 12.4. The first-order valence-corrected chi connectivity index (χ1v) is 15.9. The molecule has 45 heavy (non-hydrogen) atoms. The number of nitriles is 1. The number of carbonyl (C=O) groups is 2. The monoisotopic (exact) mass is 647 g/mol. The van der Waals surface area contributed by atoms with E-state index in [1.807, 2.05) is 41.5 Å². The van der Waals surface area contributed by atoms with Crippen LogP contribution in [0.15, 0.2) is 70.3 Å². The minimum Gasteiger partial charge on any atom is -0.466 e. The molecule has 2 fully saturated rings. The van der Waals surface area contributed by atoms with Crippen molar-refractivity contribution < 1.29 is 18.7 Å². The van der Waals surface area contributed by atoms with E-state index in [9.17, 15) is 19.2 Å². The molecule has 2 saturated heterocycles. The van der Waals surface area contributed by atoms with Crippen LogP contribution in [0.1, 0.15) is 41.4 Å². The number of aliphatic imine (C=N–C) groups is 1. The molecule has 2 amide bonds.